The molecule has 1 aromatic rings. The molecule has 0 bridgehead atoms. The molecule has 6 heteroatoms. The van der Waals surface area contributed by atoms with Crippen LogP contribution < -0.4 is 10.6 Å². The van der Waals surface area contributed by atoms with Gasteiger partial charge in [-0.1, -0.05) is 0 Å². The zero-order valence-electron chi connectivity index (χ0n) is 8.73. The van der Waals surface area contributed by atoms with Gasteiger partial charge in [0.1, 0.15) is 12.2 Å². The van der Waals surface area contributed by atoms with E-state index < -0.39 is 0 Å². The Kier molecular flexibility index (Phi) is 2.96. The number of rotatable bonds is 5. The van der Waals surface area contributed by atoms with E-state index in [1.807, 2.05) is 7.05 Å². The molecule has 1 heterocycles. The molecule has 0 radical (unpaired) electrons. The lowest BCUT2D eigenvalue weighted by molar-refractivity contribution is -0.120. The predicted octanol–water partition coefficient (Wildman–Crippen LogP) is -0.817. The number of amides is 1. The van der Waals surface area contributed by atoms with Crippen molar-refractivity contribution in [3.05, 3.63) is 12.2 Å². The molecule has 1 amide bonds. The molecular formula is C9H15N5O. The van der Waals surface area contributed by atoms with Crippen LogP contribution in [0, 0.1) is 0 Å². The molecule has 82 valence electrons. The summed E-state index contributed by atoms with van der Waals surface area (Å²) in [5.41, 5.74) is 0. The summed E-state index contributed by atoms with van der Waals surface area (Å²) in [6.07, 6.45) is 3.74. The van der Waals surface area contributed by atoms with E-state index in [2.05, 4.69) is 20.7 Å². The van der Waals surface area contributed by atoms with Crippen LogP contribution in [-0.2, 0) is 18.4 Å². The van der Waals surface area contributed by atoms with E-state index in [4.69, 9.17) is 0 Å². The molecule has 0 unspecified atom stereocenters. The standard InChI is InChI=1S/C9H15N5O/c1-14-8(11-6-12-14)4-10-5-9(15)13-7-2-3-7/h6-7,10H,2-5H2,1H3,(H,13,15). The third-order valence-electron chi connectivity index (χ3n) is 2.32. The van der Waals surface area contributed by atoms with Gasteiger partial charge in [0, 0.05) is 13.1 Å². The quantitative estimate of drug-likeness (QED) is 0.665. The third-order valence-corrected chi connectivity index (χ3v) is 2.32. The molecule has 1 fully saturated rings. The minimum absolute atomic E-state index is 0.0552. The molecule has 15 heavy (non-hydrogen) atoms. The van der Waals surface area contributed by atoms with Crippen molar-refractivity contribution >= 4 is 5.91 Å². The minimum Gasteiger partial charge on any atom is -0.352 e. The highest BCUT2D eigenvalue weighted by atomic mass is 16.2. The van der Waals surface area contributed by atoms with Gasteiger partial charge in [0.25, 0.3) is 0 Å². The lowest BCUT2D eigenvalue weighted by atomic mass is 10.5. The normalized spacial score (nSPS) is 15.3. The Labute approximate surface area is 88.1 Å². The lowest BCUT2D eigenvalue weighted by Gasteiger charge is -2.04. The van der Waals surface area contributed by atoms with Gasteiger partial charge in [-0.3, -0.25) is 9.48 Å². The number of carbonyl (C=O) groups excluding carboxylic acids is 1. The summed E-state index contributed by atoms with van der Waals surface area (Å²) in [5.74, 6) is 0.883. The van der Waals surface area contributed by atoms with Crippen molar-refractivity contribution in [2.45, 2.75) is 25.4 Å². The fourth-order valence-electron chi connectivity index (χ4n) is 1.27. The van der Waals surface area contributed by atoms with Crippen molar-refractivity contribution < 1.29 is 4.79 Å². The smallest absolute Gasteiger partial charge is 0.234 e. The highest BCUT2D eigenvalue weighted by Crippen LogP contribution is 2.18. The maximum absolute atomic E-state index is 11.3. The number of hydrogen-bond acceptors (Lipinski definition) is 4. The SMILES string of the molecule is Cn1ncnc1CNCC(=O)NC1CC1. The molecule has 1 aromatic heterocycles. The maximum atomic E-state index is 11.3. The van der Waals surface area contributed by atoms with Crippen LogP contribution in [-0.4, -0.2) is 33.3 Å². The van der Waals surface area contributed by atoms with Crippen LogP contribution in [0.2, 0.25) is 0 Å². The molecule has 0 saturated heterocycles. The fourth-order valence-corrected chi connectivity index (χ4v) is 1.27. The zero-order valence-corrected chi connectivity index (χ0v) is 8.73. The van der Waals surface area contributed by atoms with E-state index in [1.54, 1.807) is 4.68 Å². The van der Waals surface area contributed by atoms with Gasteiger partial charge in [-0.25, -0.2) is 4.98 Å². The van der Waals surface area contributed by atoms with Gasteiger partial charge in [-0.15, -0.1) is 0 Å². The summed E-state index contributed by atoms with van der Waals surface area (Å²) in [6.45, 7) is 0.901. The number of nitrogens with zero attached hydrogens (tertiary/aromatic N) is 3. The maximum Gasteiger partial charge on any atom is 0.234 e. The number of nitrogens with one attached hydrogen (secondary N) is 2. The molecular weight excluding hydrogens is 194 g/mol. The van der Waals surface area contributed by atoms with E-state index in [0.717, 1.165) is 18.7 Å². The largest absolute Gasteiger partial charge is 0.352 e. The number of carbonyl (C=O) groups is 1. The molecule has 1 aliphatic rings. The first-order chi connectivity index (χ1) is 7.25. The summed E-state index contributed by atoms with van der Waals surface area (Å²) in [7, 11) is 1.83. The third kappa shape index (κ3) is 3.02. The van der Waals surface area contributed by atoms with Gasteiger partial charge in [-0.2, -0.15) is 5.10 Å². The second-order valence-electron chi connectivity index (χ2n) is 3.75. The Morgan fingerprint density at radius 2 is 2.47 bits per heavy atom. The van der Waals surface area contributed by atoms with Crippen LogP contribution in [0.5, 0.6) is 0 Å². The van der Waals surface area contributed by atoms with E-state index >= 15 is 0 Å². The van der Waals surface area contributed by atoms with Crippen LogP contribution in [0.4, 0.5) is 0 Å². The Morgan fingerprint density at radius 3 is 3.07 bits per heavy atom. The summed E-state index contributed by atoms with van der Waals surface area (Å²) >= 11 is 0. The van der Waals surface area contributed by atoms with Crippen molar-refractivity contribution in [1.29, 1.82) is 0 Å². The minimum atomic E-state index is 0.0552. The molecule has 0 spiro atoms. The molecule has 2 rings (SSSR count). The van der Waals surface area contributed by atoms with Crippen LogP contribution in [0.25, 0.3) is 0 Å². The molecule has 2 N–H and O–H groups in total. The Bertz CT molecular complexity index is 344. The first-order valence-electron chi connectivity index (χ1n) is 5.08. The van der Waals surface area contributed by atoms with Crippen LogP contribution in [0.1, 0.15) is 18.7 Å². The van der Waals surface area contributed by atoms with Gasteiger partial charge in [0.05, 0.1) is 13.1 Å². The molecule has 1 saturated carbocycles. The number of aromatic nitrogens is 3. The Hall–Kier alpha value is -1.43. The van der Waals surface area contributed by atoms with Crippen molar-refractivity contribution in [3.63, 3.8) is 0 Å². The van der Waals surface area contributed by atoms with Crippen LogP contribution in [0.15, 0.2) is 6.33 Å². The molecule has 0 aromatic carbocycles. The molecule has 1 aliphatic carbocycles. The average Bonchev–Trinajstić information content (AvgIpc) is 2.91. The average molecular weight is 209 g/mol. The second-order valence-corrected chi connectivity index (χ2v) is 3.75. The summed E-state index contributed by atoms with van der Waals surface area (Å²) in [4.78, 5) is 15.3. The topological polar surface area (TPSA) is 71.8 Å². The van der Waals surface area contributed by atoms with E-state index in [1.165, 1.54) is 6.33 Å². The first-order valence-corrected chi connectivity index (χ1v) is 5.08. The van der Waals surface area contributed by atoms with E-state index in [-0.39, 0.29) is 5.91 Å². The first kappa shape index (κ1) is 10.1. The Morgan fingerprint density at radius 1 is 1.67 bits per heavy atom. The number of hydrogen-bond donors (Lipinski definition) is 2. The summed E-state index contributed by atoms with van der Waals surface area (Å²) in [6, 6.07) is 0.425. The highest BCUT2D eigenvalue weighted by Gasteiger charge is 2.22. The van der Waals surface area contributed by atoms with Crippen LogP contribution in [0.3, 0.4) is 0 Å². The van der Waals surface area contributed by atoms with E-state index in [0.29, 0.717) is 19.1 Å². The van der Waals surface area contributed by atoms with Gasteiger partial charge >= 0.3 is 0 Å². The highest BCUT2D eigenvalue weighted by molar-refractivity contribution is 5.78. The molecule has 6 nitrogen and oxygen atoms in total. The van der Waals surface area contributed by atoms with Gasteiger partial charge < -0.3 is 10.6 Å². The van der Waals surface area contributed by atoms with Crippen LogP contribution >= 0.6 is 0 Å². The number of aryl methyl sites for hydroxylation is 1. The van der Waals surface area contributed by atoms with Crippen molar-refractivity contribution in [2.75, 3.05) is 6.54 Å². The van der Waals surface area contributed by atoms with E-state index in [9.17, 15) is 4.79 Å². The van der Waals surface area contributed by atoms with Gasteiger partial charge in [0.15, 0.2) is 0 Å². The molecule has 0 atom stereocenters. The monoisotopic (exact) mass is 209 g/mol. The zero-order chi connectivity index (χ0) is 10.7. The molecule has 0 aliphatic heterocycles. The summed E-state index contributed by atoms with van der Waals surface area (Å²) < 4.78 is 1.69. The van der Waals surface area contributed by atoms with Crippen molar-refractivity contribution in [2.24, 2.45) is 7.05 Å². The fraction of sp³-hybridized carbons (Fsp3) is 0.667. The van der Waals surface area contributed by atoms with Crippen molar-refractivity contribution in [3.8, 4) is 0 Å². The predicted molar refractivity (Wildman–Crippen MR) is 53.9 cm³/mol. The lowest BCUT2D eigenvalue weighted by Crippen LogP contribution is -2.35. The van der Waals surface area contributed by atoms with Crippen molar-refractivity contribution in [1.82, 2.24) is 25.4 Å². The second kappa shape index (κ2) is 4.39. The Balaban J connectivity index is 1.65. The van der Waals surface area contributed by atoms with Gasteiger partial charge in [-0.05, 0) is 12.8 Å². The van der Waals surface area contributed by atoms with Gasteiger partial charge in [0.2, 0.25) is 5.91 Å². The summed E-state index contributed by atoms with van der Waals surface area (Å²) in [5, 5.41) is 9.87.